The smallest absolute Gasteiger partial charge is 0.305 e. The van der Waals surface area contributed by atoms with Crippen LogP contribution < -0.4 is 0 Å². The fourth-order valence-electron chi connectivity index (χ4n) is 2.85. The molecule has 0 spiro atoms. The number of esters is 1. The van der Waals surface area contributed by atoms with Crippen LogP contribution in [0.15, 0.2) is 60.7 Å². The van der Waals surface area contributed by atoms with Crippen molar-refractivity contribution in [2.45, 2.75) is 39.5 Å². The number of cyclic esters (lactones) is 1. The minimum Gasteiger partial charge on any atom is -0.466 e. The van der Waals surface area contributed by atoms with E-state index >= 15 is 0 Å². The largest absolute Gasteiger partial charge is 0.466 e. The van der Waals surface area contributed by atoms with Crippen LogP contribution >= 0.6 is 0 Å². The van der Waals surface area contributed by atoms with E-state index in [1.54, 1.807) is 0 Å². The molecule has 2 heteroatoms. The van der Waals surface area contributed by atoms with Crippen molar-refractivity contribution in [3.05, 3.63) is 71.8 Å². The van der Waals surface area contributed by atoms with E-state index in [4.69, 9.17) is 0 Å². The van der Waals surface area contributed by atoms with Crippen LogP contribution in [0.1, 0.15) is 37.8 Å². The third kappa shape index (κ3) is 6.57. The predicted molar refractivity (Wildman–Crippen MR) is 98.8 cm³/mol. The molecular formula is C22H28O2. The number of ether oxygens (including phenoxy) is 1. The summed E-state index contributed by atoms with van der Waals surface area (Å²) >= 11 is 0. The van der Waals surface area contributed by atoms with E-state index in [-0.39, 0.29) is 5.97 Å². The second kappa shape index (κ2) is 9.92. The quantitative estimate of drug-likeness (QED) is 0.718. The molecule has 0 amide bonds. The summed E-state index contributed by atoms with van der Waals surface area (Å²) in [6, 6.07) is 21.6. The number of hydrogen-bond donors (Lipinski definition) is 0. The van der Waals surface area contributed by atoms with Gasteiger partial charge in [0.2, 0.25) is 0 Å². The molecule has 2 aromatic rings. The Balaban J connectivity index is 0.000000292. The molecule has 2 atom stereocenters. The van der Waals surface area contributed by atoms with Gasteiger partial charge >= 0.3 is 5.97 Å². The first-order chi connectivity index (χ1) is 11.6. The van der Waals surface area contributed by atoms with Gasteiger partial charge in [-0.25, -0.2) is 0 Å². The highest BCUT2D eigenvalue weighted by Gasteiger charge is 2.13. The molecule has 128 valence electrons. The van der Waals surface area contributed by atoms with Crippen LogP contribution in [0.2, 0.25) is 0 Å². The van der Waals surface area contributed by atoms with E-state index in [0.29, 0.717) is 24.9 Å². The minimum absolute atomic E-state index is 0.0463. The lowest BCUT2D eigenvalue weighted by molar-refractivity contribution is -0.137. The zero-order valence-corrected chi connectivity index (χ0v) is 14.8. The Hall–Kier alpha value is -2.09. The third-order valence-corrected chi connectivity index (χ3v) is 4.56. The van der Waals surface area contributed by atoms with Gasteiger partial charge in [-0.1, -0.05) is 74.5 Å². The van der Waals surface area contributed by atoms with E-state index in [1.165, 1.54) is 24.0 Å². The second-order valence-corrected chi connectivity index (χ2v) is 6.66. The van der Waals surface area contributed by atoms with Crippen LogP contribution in [0, 0.1) is 11.8 Å². The van der Waals surface area contributed by atoms with Crippen molar-refractivity contribution >= 4 is 5.97 Å². The molecule has 0 N–H and O–H groups in total. The summed E-state index contributed by atoms with van der Waals surface area (Å²) in [5, 5.41) is 0. The van der Waals surface area contributed by atoms with Gasteiger partial charge in [-0.15, -0.1) is 0 Å². The highest BCUT2D eigenvalue weighted by molar-refractivity contribution is 5.70. The highest BCUT2D eigenvalue weighted by atomic mass is 16.5. The normalized spacial score (nSPS) is 15.8. The summed E-state index contributed by atoms with van der Waals surface area (Å²) in [5.74, 6) is 1.38. The Bertz CT molecular complexity index is 538. The number of carbonyl (C=O) groups excluding carboxylic acids is 1. The Morgan fingerprint density at radius 3 is 1.58 bits per heavy atom. The summed E-state index contributed by atoms with van der Waals surface area (Å²) < 4.78 is 4.51. The fourth-order valence-corrected chi connectivity index (χ4v) is 2.85. The predicted octanol–water partition coefficient (Wildman–Crippen LogP) is 5.07. The monoisotopic (exact) mass is 324 g/mol. The molecule has 1 saturated heterocycles. The fraction of sp³-hybridized carbons (Fsp3) is 0.409. The average Bonchev–Trinajstić information content (AvgIpc) is 3.08. The van der Waals surface area contributed by atoms with E-state index in [0.717, 1.165) is 6.42 Å². The molecule has 24 heavy (non-hydrogen) atoms. The standard InChI is InChI=1S/C18H22.C4H6O2/c1-15(13-17-9-5-3-6-10-17)16(2)14-18-11-7-4-8-12-18;5-4-2-1-3-6-4/h3-12,15-16H,13-14H2,1-2H3;1-3H2. The number of hydrogen-bond acceptors (Lipinski definition) is 2. The maximum Gasteiger partial charge on any atom is 0.305 e. The van der Waals surface area contributed by atoms with E-state index in [1.807, 2.05) is 0 Å². The molecule has 1 aliphatic heterocycles. The van der Waals surface area contributed by atoms with Crippen molar-refractivity contribution in [2.75, 3.05) is 6.61 Å². The Morgan fingerprint density at radius 1 is 0.833 bits per heavy atom. The van der Waals surface area contributed by atoms with Crippen molar-refractivity contribution in [3.8, 4) is 0 Å². The lowest BCUT2D eigenvalue weighted by Gasteiger charge is -2.20. The molecule has 1 heterocycles. The number of rotatable bonds is 5. The summed E-state index contributed by atoms with van der Waals surface area (Å²) in [5.41, 5.74) is 2.90. The van der Waals surface area contributed by atoms with E-state index < -0.39 is 0 Å². The molecule has 0 aliphatic carbocycles. The lowest BCUT2D eigenvalue weighted by Crippen LogP contribution is -2.13. The molecule has 0 aromatic heterocycles. The van der Waals surface area contributed by atoms with Crippen LogP contribution in [-0.4, -0.2) is 12.6 Å². The zero-order chi connectivity index (χ0) is 17.2. The number of benzene rings is 2. The molecule has 1 aliphatic rings. The molecule has 3 rings (SSSR count). The van der Waals surface area contributed by atoms with Gasteiger partial charge in [0.05, 0.1) is 6.61 Å². The Morgan fingerprint density at radius 2 is 1.29 bits per heavy atom. The van der Waals surface area contributed by atoms with Crippen LogP contribution in [0.5, 0.6) is 0 Å². The average molecular weight is 324 g/mol. The van der Waals surface area contributed by atoms with Gasteiger partial charge in [-0.05, 0) is 42.2 Å². The van der Waals surface area contributed by atoms with Gasteiger partial charge in [0, 0.05) is 6.42 Å². The molecule has 1 fully saturated rings. The molecule has 0 saturated carbocycles. The summed E-state index contributed by atoms with van der Waals surface area (Å²) in [7, 11) is 0. The molecule has 2 aromatic carbocycles. The topological polar surface area (TPSA) is 26.3 Å². The maximum atomic E-state index is 10.0. The molecular weight excluding hydrogens is 296 g/mol. The van der Waals surface area contributed by atoms with Gasteiger partial charge < -0.3 is 4.74 Å². The van der Waals surface area contributed by atoms with Gasteiger partial charge in [-0.3, -0.25) is 4.79 Å². The van der Waals surface area contributed by atoms with Crippen molar-refractivity contribution in [2.24, 2.45) is 11.8 Å². The number of carbonyl (C=O) groups is 1. The van der Waals surface area contributed by atoms with Crippen molar-refractivity contribution in [3.63, 3.8) is 0 Å². The molecule has 2 unspecified atom stereocenters. The van der Waals surface area contributed by atoms with Gasteiger partial charge in [0.25, 0.3) is 0 Å². The van der Waals surface area contributed by atoms with Gasteiger partial charge in [0.1, 0.15) is 0 Å². The first kappa shape index (κ1) is 18.3. The van der Waals surface area contributed by atoms with Crippen LogP contribution in [-0.2, 0) is 22.4 Å². The first-order valence-corrected chi connectivity index (χ1v) is 8.88. The van der Waals surface area contributed by atoms with Gasteiger partial charge in [-0.2, -0.15) is 0 Å². The van der Waals surface area contributed by atoms with Gasteiger partial charge in [0.15, 0.2) is 0 Å². The van der Waals surface area contributed by atoms with Crippen LogP contribution in [0.25, 0.3) is 0 Å². The summed E-state index contributed by atoms with van der Waals surface area (Å²) in [6.45, 7) is 5.36. The highest BCUT2D eigenvalue weighted by Crippen LogP contribution is 2.21. The van der Waals surface area contributed by atoms with Crippen molar-refractivity contribution in [1.82, 2.24) is 0 Å². The van der Waals surface area contributed by atoms with Crippen molar-refractivity contribution in [1.29, 1.82) is 0 Å². The summed E-state index contributed by atoms with van der Waals surface area (Å²) in [4.78, 5) is 10.0. The molecule has 0 radical (unpaired) electrons. The van der Waals surface area contributed by atoms with Crippen LogP contribution in [0.4, 0.5) is 0 Å². The Kier molecular flexibility index (Phi) is 7.54. The lowest BCUT2D eigenvalue weighted by atomic mass is 9.85. The van der Waals surface area contributed by atoms with E-state index in [2.05, 4.69) is 79.2 Å². The zero-order valence-electron chi connectivity index (χ0n) is 14.8. The van der Waals surface area contributed by atoms with E-state index in [9.17, 15) is 4.79 Å². The third-order valence-electron chi connectivity index (χ3n) is 4.56. The SMILES string of the molecule is CC(Cc1ccccc1)C(C)Cc1ccccc1.O=C1CCCO1. The Labute approximate surface area is 145 Å². The second-order valence-electron chi connectivity index (χ2n) is 6.66. The minimum atomic E-state index is -0.0463. The molecule has 0 bridgehead atoms. The first-order valence-electron chi connectivity index (χ1n) is 8.88. The van der Waals surface area contributed by atoms with Crippen molar-refractivity contribution < 1.29 is 9.53 Å². The molecule has 2 nitrogen and oxygen atoms in total. The maximum absolute atomic E-state index is 10.0. The summed E-state index contributed by atoms with van der Waals surface area (Å²) in [6.07, 6.45) is 3.89. The van der Waals surface area contributed by atoms with Crippen LogP contribution in [0.3, 0.4) is 0 Å².